The van der Waals surface area contributed by atoms with Crippen LogP contribution in [0.3, 0.4) is 0 Å². The summed E-state index contributed by atoms with van der Waals surface area (Å²) in [6.07, 6.45) is 2.19. The van der Waals surface area contributed by atoms with Crippen LogP contribution in [-0.4, -0.2) is 14.0 Å². The maximum absolute atomic E-state index is 12.3. The highest BCUT2D eigenvalue weighted by atomic mass is 32.2. The van der Waals surface area contributed by atoms with E-state index in [1.54, 1.807) is 25.1 Å². The lowest BCUT2D eigenvalue weighted by molar-refractivity contribution is 0.400. The van der Waals surface area contributed by atoms with Gasteiger partial charge in [-0.05, 0) is 63.3 Å². The molecule has 0 spiro atoms. The summed E-state index contributed by atoms with van der Waals surface area (Å²) in [5.41, 5.74) is 6.71. The van der Waals surface area contributed by atoms with Gasteiger partial charge in [-0.2, -0.15) is 0 Å². The van der Waals surface area contributed by atoms with Crippen molar-refractivity contribution in [3.8, 4) is 0 Å². The second-order valence-electron chi connectivity index (χ2n) is 5.62. The minimum Gasteiger partial charge on any atom is -0.399 e. The largest absolute Gasteiger partial charge is 0.399 e. The lowest BCUT2D eigenvalue weighted by Crippen LogP contribution is -2.45. The van der Waals surface area contributed by atoms with Gasteiger partial charge < -0.3 is 5.73 Å². The van der Waals surface area contributed by atoms with Crippen molar-refractivity contribution in [1.82, 2.24) is 4.72 Å². The minimum atomic E-state index is -3.47. The molecule has 0 bridgehead atoms. The Bertz CT molecular complexity index is 560. The lowest BCUT2D eigenvalue weighted by Gasteiger charge is -2.25. The normalized spacial score (nSPS) is 16.8. The highest BCUT2D eigenvalue weighted by Crippen LogP contribution is 2.40. The molecule has 1 fully saturated rings. The van der Waals surface area contributed by atoms with Gasteiger partial charge in [-0.25, -0.2) is 13.1 Å². The molecule has 3 N–H and O–H groups in total. The van der Waals surface area contributed by atoms with Gasteiger partial charge in [0.25, 0.3) is 0 Å². The van der Waals surface area contributed by atoms with Crippen molar-refractivity contribution in [3.63, 3.8) is 0 Å². The van der Waals surface area contributed by atoms with E-state index in [0.29, 0.717) is 11.6 Å². The van der Waals surface area contributed by atoms with Crippen molar-refractivity contribution < 1.29 is 8.42 Å². The van der Waals surface area contributed by atoms with E-state index in [-0.39, 0.29) is 10.4 Å². The molecule has 0 unspecified atom stereocenters. The van der Waals surface area contributed by atoms with Gasteiger partial charge in [-0.15, -0.1) is 0 Å². The number of nitrogens with two attached hydrogens (primary N) is 1. The van der Waals surface area contributed by atoms with E-state index in [1.807, 2.05) is 13.8 Å². The molecule has 1 aliphatic carbocycles. The van der Waals surface area contributed by atoms with Crippen molar-refractivity contribution in [1.29, 1.82) is 0 Å². The number of anilines is 1. The Kier molecular flexibility index (Phi) is 3.15. The van der Waals surface area contributed by atoms with Crippen LogP contribution in [0.4, 0.5) is 5.69 Å². The lowest BCUT2D eigenvalue weighted by atomic mass is 10.0. The Morgan fingerprint density at radius 3 is 2.44 bits per heavy atom. The van der Waals surface area contributed by atoms with Crippen molar-refractivity contribution >= 4 is 15.7 Å². The molecule has 0 aliphatic heterocycles. The van der Waals surface area contributed by atoms with Crippen LogP contribution in [-0.2, 0) is 10.0 Å². The number of rotatable bonds is 4. The zero-order valence-corrected chi connectivity index (χ0v) is 11.8. The number of benzene rings is 1. The molecule has 0 amide bonds. The van der Waals surface area contributed by atoms with E-state index in [1.165, 1.54) is 0 Å². The summed E-state index contributed by atoms with van der Waals surface area (Å²) >= 11 is 0. The highest BCUT2D eigenvalue weighted by Gasteiger charge is 2.40. The van der Waals surface area contributed by atoms with Gasteiger partial charge in [-0.3, -0.25) is 0 Å². The van der Waals surface area contributed by atoms with Crippen LogP contribution < -0.4 is 10.5 Å². The molecule has 0 aromatic heterocycles. The molecule has 1 saturated carbocycles. The fourth-order valence-corrected chi connectivity index (χ4v) is 3.67. The molecule has 0 saturated heterocycles. The van der Waals surface area contributed by atoms with E-state index in [0.717, 1.165) is 18.4 Å². The third-order valence-electron chi connectivity index (χ3n) is 3.55. The van der Waals surface area contributed by atoms with Crippen LogP contribution in [0, 0.1) is 12.8 Å². The maximum Gasteiger partial charge on any atom is 0.241 e. The van der Waals surface area contributed by atoms with E-state index in [9.17, 15) is 8.42 Å². The summed E-state index contributed by atoms with van der Waals surface area (Å²) in [4.78, 5) is 0.280. The Labute approximate surface area is 109 Å². The van der Waals surface area contributed by atoms with Crippen LogP contribution in [0.5, 0.6) is 0 Å². The van der Waals surface area contributed by atoms with Crippen molar-refractivity contribution in [2.45, 2.75) is 44.0 Å². The molecular formula is C13H20N2O2S. The molecule has 1 aliphatic rings. The average molecular weight is 268 g/mol. The smallest absolute Gasteiger partial charge is 0.241 e. The van der Waals surface area contributed by atoms with Gasteiger partial charge in [0.05, 0.1) is 4.90 Å². The molecule has 4 nitrogen and oxygen atoms in total. The van der Waals surface area contributed by atoms with Gasteiger partial charge in [0, 0.05) is 11.2 Å². The van der Waals surface area contributed by atoms with Crippen molar-refractivity contribution in [2.24, 2.45) is 5.92 Å². The summed E-state index contributed by atoms with van der Waals surface area (Å²) in [5.74, 6) is 0.446. The van der Waals surface area contributed by atoms with E-state index in [2.05, 4.69) is 4.72 Å². The standard InChI is InChI=1S/C13H20N2O2S/c1-9-8-11(6-7-12(9)14)18(16,17)15-13(2,3)10-4-5-10/h6-8,10,15H,4-5,14H2,1-3H3. The molecule has 1 aromatic rings. The van der Waals surface area contributed by atoms with Gasteiger partial charge in [0.1, 0.15) is 0 Å². The number of nitrogen functional groups attached to an aromatic ring is 1. The SMILES string of the molecule is Cc1cc(S(=O)(=O)NC(C)(C)C2CC2)ccc1N. The molecule has 0 atom stereocenters. The quantitative estimate of drug-likeness (QED) is 0.821. The van der Waals surface area contributed by atoms with Gasteiger partial charge in [0.15, 0.2) is 0 Å². The number of aryl methyl sites for hydroxylation is 1. The van der Waals surface area contributed by atoms with Crippen LogP contribution in [0.1, 0.15) is 32.3 Å². The van der Waals surface area contributed by atoms with Crippen LogP contribution in [0.15, 0.2) is 23.1 Å². The third kappa shape index (κ3) is 2.67. The van der Waals surface area contributed by atoms with Crippen LogP contribution in [0.2, 0.25) is 0 Å². The first-order valence-electron chi connectivity index (χ1n) is 6.12. The Balaban J connectivity index is 2.27. The minimum absolute atomic E-state index is 0.280. The summed E-state index contributed by atoms with van der Waals surface area (Å²) in [6, 6.07) is 4.79. The summed E-state index contributed by atoms with van der Waals surface area (Å²) < 4.78 is 27.4. The first kappa shape index (κ1) is 13.4. The predicted molar refractivity (Wildman–Crippen MR) is 72.7 cm³/mol. The Morgan fingerprint density at radius 2 is 1.94 bits per heavy atom. The fraction of sp³-hybridized carbons (Fsp3) is 0.538. The summed E-state index contributed by atoms with van der Waals surface area (Å²) in [5, 5.41) is 0. The molecule has 100 valence electrons. The molecule has 1 aromatic carbocycles. The average Bonchev–Trinajstić information content (AvgIpc) is 3.03. The molecule has 2 rings (SSSR count). The summed E-state index contributed by atoms with van der Waals surface area (Å²) in [7, 11) is -3.47. The fourth-order valence-electron chi connectivity index (χ4n) is 2.11. The number of hydrogen-bond donors (Lipinski definition) is 2. The van der Waals surface area contributed by atoms with E-state index < -0.39 is 10.0 Å². The van der Waals surface area contributed by atoms with Crippen LogP contribution >= 0.6 is 0 Å². The third-order valence-corrected chi connectivity index (χ3v) is 5.22. The highest BCUT2D eigenvalue weighted by molar-refractivity contribution is 7.89. The van der Waals surface area contributed by atoms with Crippen molar-refractivity contribution in [2.75, 3.05) is 5.73 Å². The Hall–Kier alpha value is -1.07. The van der Waals surface area contributed by atoms with Crippen molar-refractivity contribution in [3.05, 3.63) is 23.8 Å². The molecule has 0 radical (unpaired) electrons. The topological polar surface area (TPSA) is 72.2 Å². The second-order valence-corrected chi connectivity index (χ2v) is 7.30. The predicted octanol–water partition coefficient (Wildman–Crippen LogP) is 2.04. The molecule has 18 heavy (non-hydrogen) atoms. The summed E-state index contributed by atoms with van der Waals surface area (Å²) in [6.45, 7) is 5.68. The zero-order chi connectivity index (χ0) is 13.6. The molecule has 5 heteroatoms. The number of sulfonamides is 1. The number of hydrogen-bond acceptors (Lipinski definition) is 3. The van der Waals surface area contributed by atoms with E-state index >= 15 is 0 Å². The Morgan fingerprint density at radius 1 is 1.33 bits per heavy atom. The second kappa shape index (κ2) is 4.24. The first-order chi connectivity index (χ1) is 8.22. The molecular weight excluding hydrogens is 248 g/mol. The van der Waals surface area contributed by atoms with Gasteiger partial charge in [0.2, 0.25) is 10.0 Å². The van der Waals surface area contributed by atoms with Gasteiger partial charge >= 0.3 is 0 Å². The zero-order valence-electron chi connectivity index (χ0n) is 11.0. The number of nitrogens with one attached hydrogen (secondary N) is 1. The monoisotopic (exact) mass is 268 g/mol. The first-order valence-corrected chi connectivity index (χ1v) is 7.61. The van der Waals surface area contributed by atoms with Gasteiger partial charge in [-0.1, -0.05) is 0 Å². The van der Waals surface area contributed by atoms with Crippen LogP contribution in [0.25, 0.3) is 0 Å². The molecule has 0 heterocycles. The van der Waals surface area contributed by atoms with E-state index in [4.69, 9.17) is 5.73 Å². The maximum atomic E-state index is 12.3.